The third kappa shape index (κ3) is 5.69. The summed E-state index contributed by atoms with van der Waals surface area (Å²) in [5.74, 6) is 0.413. The van der Waals surface area contributed by atoms with Crippen LogP contribution in [-0.2, 0) is 11.2 Å². The van der Waals surface area contributed by atoms with E-state index < -0.39 is 0 Å². The minimum Gasteiger partial charge on any atom is -0.356 e. The molecule has 0 saturated carbocycles. The highest BCUT2D eigenvalue weighted by atomic mass is 16.2. The Morgan fingerprint density at radius 1 is 1.11 bits per heavy atom. The Morgan fingerprint density at radius 3 is 2.26 bits per heavy atom. The molecule has 0 bridgehead atoms. The van der Waals surface area contributed by atoms with Gasteiger partial charge in [0.15, 0.2) is 5.78 Å². The van der Waals surface area contributed by atoms with Crippen molar-refractivity contribution in [2.45, 2.75) is 40.0 Å². The molecule has 3 heteroatoms. The Labute approximate surface area is 115 Å². The standard InChI is InChI=1S/C16H23NO2/c1-4-13-5-7-14(8-6-13)15(18)9-10-16(19)17-11-12(2)3/h5-8,12H,4,9-11H2,1-3H3,(H,17,19). The molecule has 0 spiro atoms. The second kappa shape index (κ2) is 7.72. The Balaban J connectivity index is 2.40. The smallest absolute Gasteiger partial charge is 0.220 e. The van der Waals surface area contributed by atoms with Gasteiger partial charge >= 0.3 is 0 Å². The summed E-state index contributed by atoms with van der Waals surface area (Å²) in [5.41, 5.74) is 1.90. The average Bonchev–Trinajstić information content (AvgIpc) is 2.42. The molecule has 0 aliphatic heterocycles. The maximum absolute atomic E-state index is 11.9. The first-order valence-electron chi connectivity index (χ1n) is 6.91. The highest BCUT2D eigenvalue weighted by Crippen LogP contribution is 2.08. The lowest BCUT2D eigenvalue weighted by Gasteiger charge is -2.07. The van der Waals surface area contributed by atoms with E-state index >= 15 is 0 Å². The number of aryl methyl sites for hydroxylation is 1. The van der Waals surface area contributed by atoms with Gasteiger partial charge in [0.05, 0.1) is 0 Å². The van der Waals surface area contributed by atoms with Crippen LogP contribution in [0.4, 0.5) is 0 Å². The minimum absolute atomic E-state index is 0.0300. The number of hydrogen-bond donors (Lipinski definition) is 1. The number of benzene rings is 1. The molecule has 1 amide bonds. The zero-order valence-corrected chi connectivity index (χ0v) is 12.0. The van der Waals surface area contributed by atoms with Crippen molar-refractivity contribution >= 4 is 11.7 Å². The van der Waals surface area contributed by atoms with Gasteiger partial charge in [-0.05, 0) is 17.9 Å². The summed E-state index contributed by atoms with van der Waals surface area (Å²) in [5, 5.41) is 2.82. The fourth-order valence-electron chi connectivity index (χ4n) is 1.70. The molecule has 0 saturated heterocycles. The monoisotopic (exact) mass is 261 g/mol. The van der Waals surface area contributed by atoms with Crippen LogP contribution in [-0.4, -0.2) is 18.2 Å². The number of carbonyl (C=O) groups excluding carboxylic acids is 2. The second-order valence-electron chi connectivity index (χ2n) is 5.17. The largest absolute Gasteiger partial charge is 0.356 e. The highest BCUT2D eigenvalue weighted by Gasteiger charge is 2.09. The fraction of sp³-hybridized carbons (Fsp3) is 0.500. The van der Waals surface area contributed by atoms with Gasteiger partial charge in [0, 0.05) is 24.9 Å². The van der Waals surface area contributed by atoms with Crippen LogP contribution in [0.25, 0.3) is 0 Å². The summed E-state index contributed by atoms with van der Waals surface area (Å²) in [4.78, 5) is 23.4. The van der Waals surface area contributed by atoms with E-state index in [0.29, 0.717) is 18.0 Å². The molecular formula is C16H23NO2. The number of ketones is 1. The molecule has 0 heterocycles. The molecule has 1 rings (SSSR count). The third-order valence-electron chi connectivity index (χ3n) is 2.97. The predicted octanol–water partition coefficient (Wildman–Crippen LogP) is 2.98. The Kier molecular flexibility index (Phi) is 6.26. The molecule has 0 fully saturated rings. The second-order valence-corrected chi connectivity index (χ2v) is 5.17. The van der Waals surface area contributed by atoms with Gasteiger partial charge in [0.1, 0.15) is 0 Å². The first kappa shape index (κ1) is 15.4. The fourth-order valence-corrected chi connectivity index (χ4v) is 1.70. The molecule has 0 unspecified atom stereocenters. The van der Waals surface area contributed by atoms with Crippen LogP contribution in [0.15, 0.2) is 24.3 Å². The van der Waals surface area contributed by atoms with Gasteiger partial charge in [0.25, 0.3) is 0 Å². The molecule has 19 heavy (non-hydrogen) atoms. The topological polar surface area (TPSA) is 46.2 Å². The number of carbonyl (C=O) groups is 2. The summed E-state index contributed by atoms with van der Waals surface area (Å²) in [6.45, 7) is 6.83. The minimum atomic E-state index is -0.0489. The van der Waals surface area contributed by atoms with Crippen molar-refractivity contribution in [2.75, 3.05) is 6.54 Å². The summed E-state index contributed by atoms with van der Waals surface area (Å²) in [6.07, 6.45) is 1.50. The van der Waals surface area contributed by atoms with Gasteiger partial charge in [-0.15, -0.1) is 0 Å². The number of hydrogen-bond acceptors (Lipinski definition) is 2. The quantitative estimate of drug-likeness (QED) is 0.767. The van der Waals surface area contributed by atoms with Gasteiger partial charge in [-0.1, -0.05) is 45.0 Å². The molecule has 0 aliphatic carbocycles. The molecule has 104 valence electrons. The van der Waals surface area contributed by atoms with Crippen molar-refractivity contribution in [3.63, 3.8) is 0 Å². The van der Waals surface area contributed by atoms with Crippen LogP contribution in [0.1, 0.15) is 49.5 Å². The van der Waals surface area contributed by atoms with Crippen molar-refractivity contribution in [1.29, 1.82) is 0 Å². The summed E-state index contributed by atoms with van der Waals surface area (Å²) >= 11 is 0. The lowest BCUT2D eigenvalue weighted by Crippen LogP contribution is -2.27. The van der Waals surface area contributed by atoms with Crippen LogP contribution in [0.3, 0.4) is 0 Å². The van der Waals surface area contributed by atoms with E-state index in [4.69, 9.17) is 0 Å². The van der Waals surface area contributed by atoms with Crippen molar-refractivity contribution in [3.8, 4) is 0 Å². The first-order chi connectivity index (χ1) is 9.02. The molecule has 0 aliphatic rings. The van der Waals surface area contributed by atoms with E-state index in [9.17, 15) is 9.59 Å². The SMILES string of the molecule is CCc1ccc(C(=O)CCC(=O)NCC(C)C)cc1. The lowest BCUT2D eigenvalue weighted by molar-refractivity contribution is -0.121. The zero-order valence-electron chi connectivity index (χ0n) is 12.0. The molecule has 0 radical (unpaired) electrons. The van der Waals surface area contributed by atoms with Crippen LogP contribution in [0, 0.1) is 5.92 Å². The normalized spacial score (nSPS) is 10.5. The van der Waals surface area contributed by atoms with Gasteiger partial charge < -0.3 is 5.32 Å². The summed E-state index contributed by atoms with van der Waals surface area (Å²) in [7, 11) is 0. The Morgan fingerprint density at radius 2 is 1.74 bits per heavy atom. The van der Waals surface area contributed by atoms with E-state index in [1.165, 1.54) is 5.56 Å². The van der Waals surface area contributed by atoms with E-state index in [1.54, 1.807) is 0 Å². The highest BCUT2D eigenvalue weighted by molar-refractivity contribution is 5.97. The average molecular weight is 261 g/mol. The van der Waals surface area contributed by atoms with Crippen molar-refractivity contribution < 1.29 is 9.59 Å². The molecule has 1 aromatic carbocycles. The van der Waals surface area contributed by atoms with E-state index in [0.717, 1.165) is 6.42 Å². The number of amides is 1. The Hall–Kier alpha value is -1.64. The van der Waals surface area contributed by atoms with Gasteiger partial charge in [-0.25, -0.2) is 0 Å². The Bertz CT molecular complexity index is 421. The van der Waals surface area contributed by atoms with Crippen LogP contribution < -0.4 is 5.32 Å². The van der Waals surface area contributed by atoms with E-state index in [1.807, 2.05) is 38.1 Å². The molecule has 1 aromatic rings. The zero-order chi connectivity index (χ0) is 14.3. The molecular weight excluding hydrogens is 238 g/mol. The maximum Gasteiger partial charge on any atom is 0.220 e. The maximum atomic E-state index is 11.9. The molecule has 3 nitrogen and oxygen atoms in total. The van der Waals surface area contributed by atoms with Crippen molar-refractivity contribution in [1.82, 2.24) is 5.32 Å². The van der Waals surface area contributed by atoms with Crippen LogP contribution in [0.5, 0.6) is 0 Å². The molecule has 1 N–H and O–H groups in total. The number of nitrogens with one attached hydrogen (secondary N) is 1. The third-order valence-corrected chi connectivity index (χ3v) is 2.97. The number of rotatable bonds is 7. The van der Waals surface area contributed by atoms with Crippen molar-refractivity contribution in [3.05, 3.63) is 35.4 Å². The molecule has 0 atom stereocenters. The predicted molar refractivity (Wildman–Crippen MR) is 77.2 cm³/mol. The van der Waals surface area contributed by atoms with Gasteiger partial charge in [-0.2, -0.15) is 0 Å². The summed E-state index contributed by atoms with van der Waals surface area (Å²) in [6, 6.07) is 7.61. The van der Waals surface area contributed by atoms with E-state index in [-0.39, 0.29) is 24.5 Å². The van der Waals surface area contributed by atoms with Crippen molar-refractivity contribution in [2.24, 2.45) is 5.92 Å². The molecule has 0 aromatic heterocycles. The lowest BCUT2D eigenvalue weighted by atomic mass is 10.0. The van der Waals surface area contributed by atoms with Gasteiger partial charge in [-0.3, -0.25) is 9.59 Å². The summed E-state index contributed by atoms with van der Waals surface area (Å²) < 4.78 is 0. The van der Waals surface area contributed by atoms with Gasteiger partial charge in [0.2, 0.25) is 5.91 Å². The van der Waals surface area contributed by atoms with Crippen LogP contribution >= 0.6 is 0 Å². The first-order valence-corrected chi connectivity index (χ1v) is 6.91. The number of Topliss-reactive ketones (excluding diaryl/α,β-unsaturated/α-hetero) is 1. The van der Waals surface area contributed by atoms with E-state index in [2.05, 4.69) is 12.2 Å². The van der Waals surface area contributed by atoms with Crippen LogP contribution in [0.2, 0.25) is 0 Å².